The lowest BCUT2D eigenvalue weighted by atomic mass is 10.0. The van der Waals surface area contributed by atoms with Crippen LogP contribution in [0.4, 0.5) is 0 Å². The van der Waals surface area contributed by atoms with Crippen molar-refractivity contribution in [2.24, 2.45) is 0 Å². The largest absolute Gasteiger partial charge is 0.294 e. The van der Waals surface area contributed by atoms with E-state index in [4.69, 9.17) is 11.6 Å². The molecule has 0 aromatic heterocycles. The first-order chi connectivity index (χ1) is 7.04. The third-order valence-corrected chi connectivity index (χ3v) is 2.81. The molecular formula is C13H15ClO. The molecule has 0 fully saturated rings. The quantitative estimate of drug-likeness (QED) is 0.552. The Morgan fingerprint density at radius 1 is 1.47 bits per heavy atom. The fourth-order valence-corrected chi connectivity index (χ4v) is 1.40. The van der Waals surface area contributed by atoms with E-state index in [1.807, 2.05) is 26.0 Å². The summed E-state index contributed by atoms with van der Waals surface area (Å²) in [7, 11) is 0. The van der Waals surface area contributed by atoms with Crippen LogP contribution in [0.3, 0.4) is 0 Å². The molecule has 15 heavy (non-hydrogen) atoms. The van der Waals surface area contributed by atoms with Gasteiger partial charge in [-0.3, -0.25) is 4.79 Å². The third-order valence-electron chi connectivity index (χ3n) is 2.40. The number of ketones is 1. The minimum absolute atomic E-state index is 0.0868. The van der Waals surface area contributed by atoms with Crippen molar-refractivity contribution < 1.29 is 4.79 Å². The van der Waals surface area contributed by atoms with Gasteiger partial charge in [-0.25, -0.2) is 0 Å². The molecule has 0 saturated carbocycles. The van der Waals surface area contributed by atoms with Gasteiger partial charge in [0.15, 0.2) is 5.78 Å². The minimum atomic E-state index is 0.0868. The van der Waals surface area contributed by atoms with Crippen LogP contribution < -0.4 is 0 Å². The Morgan fingerprint density at radius 3 is 2.67 bits per heavy atom. The van der Waals surface area contributed by atoms with E-state index in [0.29, 0.717) is 17.0 Å². The van der Waals surface area contributed by atoms with Gasteiger partial charge in [-0.05, 0) is 25.0 Å². The molecular weight excluding hydrogens is 208 g/mol. The number of rotatable bonds is 4. The lowest BCUT2D eigenvalue weighted by Crippen LogP contribution is -2.00. The number of carbonyl (C=O) groups is 1. The van der Waals surface area contributed by atoms with Crippen LogP contribution in [0.25, 0.3) is 0 Å². The summed E-state index contributed by atoms with van der Waals surface area (Å²) >= 11 is 5.95. The standard InChI is InChI=1S/C13H15ClO/c1-4-9(2)7-13(15)11-6-5-10(3)12(14)8-11/h5-6,8H,2,4,7H2,1,3H3. The highest BCUT2D eigenvalue weighted by atomic mass is 35.5. The van der Waals surface area contributed by atoms with Gasteiger partial charge in [0.1, 0.15) is 0 Å². The van der Waals surface area contributed by atoms with Gasteiger partial charge >= 0.3 is 0 Å². The predicted octanol–water partition coefficient (Wildman–Crippen LogP) is 4.19. The van der Waals surface area contributed by atoms with Crippen molar-refractivity contribution in [1.82, 2.24) is 0 Å². The molecule has 2 heteroatoms. The van der Waals surface area contributed by atoms with Crippen LogP contribution in [-0.4, -0.2) is 5.78 Å². The molecule has 0 spiro atoms. The number of halogens is 1. The van der Waals surface area contributed by atoms with Crippen LogP contribution in [0.5, 0.6) is 0 Å². The van der Waals surface area contributed by atoms with Crippen molar-refractivity contribution in [3.05, 3.63) is 46.5 Å². The van der Waals surface area contributed by atoms with Crippen LogP contribution >= 0.6 is 11.6 Å². The van der Waals surface area contributed by atoms with Gasteiger partial charge in [0.25, 0.3) is 0 Å². The molecule has 0 heterocycles. The maximum atomic E-state index is 11.8. The zero-order chi connectivity index (χ0) is 11.4. The Kier molecular flexibility index (Phi) is 4.10. The van der Waals surface area contributed by atoms with E-state index in [1.165, 1.54) is 0 Å². The van der Waals surface area contributed by atoms with Crippen molar-refractivity contribution in [2.75, 3.05) is 0 Å². The summed E-state index contributed by atoms with van der Waals surface area (Å²) < 4.78 is 0. The van der Waals surface area contributed by atoms with Crippen LogP contribution in [0, 0.1) is 6.92 Å². The fourth-order valence-electron chi connectivity index (χ4n) is 1.22. The summed E-state index contributed by atoms with van der Waals surface area (Å²) in [5.41, 5.74) is 2.61. The molecule has 0 amide bonds. The molecule has 1 nitrogen and oxygen atoms in total. The van der Waals surface area contributed by atoms with Crippen LogP contribution in [-0.2, 0) is 0 Å². The third kappa shape index (κ3) is 3.21. The number of aryl methyl sites for hydroxylation is 1. The van der Waals surface area contributed by atoms with E-state index < -0.39 is 0 Å². The summed E-state index contributed by atoms with van der Waals surface area (Å²) in [6, 6.07) is 5.40. The van der Waals surface area contributed by atoms with E-state index in [-0.39, 0.29) is 5.78 Å². The molecule has 0 atom stereocenters. The molecule has 0 aliphatic heterocycles. The first-order valence-corrected chi connectivity index (χ1v) is 5.38. The van der Waals surface area contributed by atoms with Gasteiger partial charge < -0.3 is 0 Å². The van der Waals surface area contributed by atoms with Gasteiger partial charge in [0.05, 0.1) is 0 Å². The van der Waals surface area contributed by atoms with Gasteiger partial charge in [-0.1, -0.05) is 42.8 Å². The topological polar surface area (TPSA) is 17.1 Å². The molecule has 0 saturated heterocycles. The minimum Gasteiger partial charge on any atom is -0.294 e. The van der Waals surface area contributed by atoms with Crippen molar-refractivity contribution in [3.8, 4) is 0 Å². The van der Waals surface area contributed by atoms with E-state index >= 15 is 0 Å². The van der Waals surface area contributed by atoms with E-state index in [1.54, 1.807) is 6.07 Å². The second-order valence-corrected chi connectivity index (χ2v) is 4.07. The first-order valence-electron chi connectivity index (χ1n) is 5.00. The maximum Gasteiger partial charge on any atom is 0.166 e. The molecule has 0 radical (unpaired) electrons. The van der Waals surface area contributed by atoms with E-state index in [0.717, 1.165) is 17.6 Å². The molecule has 1 aromatic rings. The number of benzene rings is 1. The molecule has 0 N–H and O–H groups in total. The number of carbonyl (C=O) groups excluding carboxylic acids is 1. The summed E-state index contributed by atoms with van der Waals surface area (Å²) in [5.74, 6) is 0.0868. The Morgan fingerprint density at radius 2 is 2.13 bits per heavy atom. The number of allylic oxidation sites excluding steroid dienone is 1. The molecule has 0 aliphatic carbocycles. The lowest BCUT2D eigenvalue weighted by molar-refractivity contribution is 0.0992. The zero-order valence-electron chi connectivity index (χ0n) is 9.14. The highest BCUT2D eigenvalue weighted by molar-refractivity contribution is 6.31. The monoisotopic (exact) mass is 222 g/mol. The highest BCUT2D eigenvalue weighted by Crippen LogP contribution is 2.19. The number of hydrogen-bond donors (Lipinski definition) is 0. The predicted molar refractivity (Wildman–Crippen MR) is 64.6 cm³/mol. The van der Waals surface area contributed by atoms with Crippen molar-refractivity contribution >= 4 is 17.4 Å². The SMILES string of the molecule is C=C(CC)CC(=O)c1ccc(C)c(Cl)c1. The highest BCUT2D eigenvalue weighted by Gasteiger charge is 2.08. The normalized spacial score (nSPS) is 10.1. The van der Waals surface area contributed by atoms with Gasteiger partial charge in [0, 0.05) is 17.0 Å². The van der Waals surface area contributed by atoms with Gasteiger partial charge in [0.2, 0.25) is 0 Å². The lowest BCUT2D eigenvalue weighted by Gasteiger charge is -2.04. The zero-order valence-corrected chi connectivity index (χ0v) is 9.90. The number of hydrogen-bond acceptors (Lipinski definition) is 1. The van der Waals surface area contributed by atoms with Crippen molar-refractivity contribution in [3.63, 3.8) is 0 Å². The van der Waals surface area contributed by atoms with Gasteiger partial charge in [-0.2, -0.15) is 0 Å². The Bertz CT molecular complexity index is 394. The molecule has 1 rings (SSSR count). The average Bonchev–Trinajstić information content (AvgIpc) is 2.21. The van der Waals surface area contributed by atoms with Crippen LogP contribution in [0.2, 0.25) is 5.02 Å². The Balaban J connectivity index is 2.83. The summed E-state index contributed by atoms with van der Waals surface area (Å²) in [6.45, 7) is 7.74. The van der Waals surface area contributed by atoms with Crippen LogP contribution in [0.15, 0.2) is 30.4 Å². The van der Waals surface area contributed by atoms with Gasteiger partial charge in [-0.15, -0.1) is 0 Å². The second kappa shape index (κ2) is 5.13. The number of Topliss-reactive ketones (excluding diaryl/α,β-unsaturated/α-hetero) is 1. The van der Waals surface area contributed by atoms with E-state index in [2.05, 4.69) is 6.58 Å². The summed E-state index contributed by atoms with van der Waals surface area (Å²) in [4.78, 5) is 11.8. The summed E-state index contributed by atoms with van der Waals surface area (Å²) in [5, 5.41) is 0.642. The van der Waals surface area contributed by atoms with Crippen LogP contribution in [0.1, 0.15) is 35.7 Å². The van der Waals surface area contributed by atoms with E-state index in [9.17, 15) is 4.79 Å². The molecule has 80 valence electrons. The molecule has 0 unspecified atom stereocenters. The average molecular weight is 223 g/mol. The Hall–Kier alpha value is -1.08. The first kappa shape index (κ1) is 12.0. The summed E-state index contributed by atoms with van der Waals surface area (Å²) in [6.07, 6.45) is 1.25. The molecule has 0 bridgehead atoms. The van der Waals surface area contributed by atoms with Crippen molar-refractivity contribution in [2.45, 2.75) is 26.7 Å². The Labute approximate surface area is 95.8 Å². The second-order valence-electron chi connectivity index (χ2n) is 3.67. The molecule has 0 aliphatic rings. The molecule has 1 aromatic carbocycles. The maximum absolute atomic E-state index is 11.8. The fraction of sp³-hybridized carbons (Fsp3) is 0.308. The smallest absolute Gasteiger partial charge is 0.166 e. The van der Waals surface area contributed by atoms with Crippen molar-refractivity contribution in [1.29, 1.82) is 0 Å².